The summed E-state index contributed by atoms with van der Waals surface area (Å²) in [7, 11) is 0. The van der Waals surface area contributed by atoms with Gasteiger partial charge in [-0.2, -0.15) is 0 Å². The van der Waals surface area contributed by atoms with Gasteiger partial charge in [0.15, 0.2) is 0 Å². The van der Waals surface area contributed by atoms with Crippen LogP contribution in [-0.4, -0.2) is 60.2 Å². The Morgan fingerprint density at radius 1 is 0.963 bits per heavy atom. The molecule has 0 aromatic heterocycles. The summed E-state index contributed by atoms with van der Waals surface area (Å²) in [5, 5.41) is 0. The molecule has 0 spiro atoms. The summed E-state index contributed by atoms with van der Waals surface area (Å²) < 4.78 is 0. The van der Waals surface area contributed by atoms with Crippen LogP contribution < -0.4 is 11.5 Å². The molecule has 7 nitrogen and oxygen atoms in total. The molecule has 1 aromatic carbocycles. The van der Waals surface area contributed by atoms with Crippen molar-refractivity contribution in [2.24, 2.45) is 23.3 Å². The van der Waals surface area contributed by atoms with Crippen LogP contribution in [0.2, 0.25) is 0 Å². The molecule has 2 heterocycles. The summed E-state index contributed by atoms with van der Waals surface area (Å²) in [5.41, 5.74) is 12.2. The molecule has 2 fully saturated rings. The van der Waals surface area contributed by atoms with Crippen LogP contribution in [0.1, 0.15) is 35.2 Å². The van der Waals surface area contributed by atoms with Crippen LogP contribution >= 0.6 is 0 Å². The summed E-state index contributed by atoms with van der Waals surface area (Å²) in [4.78, 5) is 38.8. The Labute approximate surface area is 159 Å². The molecule has 3 rings (SSSR count). The van der Waals surface area contributed by atoms with Gasteiger partial charge in [0.1, 0.15) is 0 Å². The van der Waals surface area contributed by atoms with Crippen molar-refractivity contribution < 1.29 is 14.4 Å². The van der Waals surface area contributed by atoms with E-state index in [1.807, 2.05) is 23.1 Å². The van der Waals surface area contributed by atoms with Crippen LogP contribution in [0.25, 0.3) is 0 Å². The Kier molecular flexibility index (Phi) is 6.11. The third kappa shape index (κ3) is 4.86. The van der Waals surface area contributed by atoms with Gasteiger partial charge < -0.3 is 21.3 Å². The molecule has 2 aliphatic heterocycles. The highest BCUT2D eigenvalue weighted by molar-refractivity contribution is 5.94. The second kappa shape index (κ2) is 8.52. The zero-order chi connectivity index (χ0) is 19.4. The van der Waals surface area contributed by atoms with E-state index in [9.17, 15) is 14.4 Å². The summed E-state index contributed by atoms with van der Waals surface area (Å²) in [5.74, 6) is 0.271. The summed E-state index contributed by atoms with van der Waals surface area (Å²) in [6.07, 6.45) is 2.16. The highest BCUT2D eigenvalue weighted by atomic mass is 16.2. The second-order valence-electron chi connectivity index (χ2n) is 7.67. The van der Waals surface area contributed by atoms with Crippen LogP contribution in [0.4, 0.5) is 0 Å². The molecule has 4 N–H and O–H groups in total. The van der Waals surface area contributed by atoms with Gasteiger partial charge in [0.05, 0.1) is 0 Å². The minimum absolute atomic E-state index is 0.0396. The van der Waals surface area contributed by atoms with E-state index in [0.717, 1.165) is 51.1 Å². The lowest BCUT2D eigenvalue weighted by Crippen LogP contribution is -2.34. The molecule has 146 valence electrons. The largest absolute Gasteiger partial charge is 0.370 e. The quantitative estimate of drug-likeness (QED) is 0.687. The fourth-order valence-electron chi connectivity index (χ4n) is 4.34. The summed E-state index contributed by atoms with van der Waals surface area (Å²) in [6, 6.07) is 7.52. The lowest BCUT2D eigenvalue weighted by atomic mass is 10.0. The van der Waals surface area contributed by atoms with Crippen LogP contribution in [0, 0.1) is 11.8 Å². The monoisotopic (exact) mass is 372 g/mol. The second-order valence-corrected chi connectivity index (χ2v) is 7.67. The average Bonchev–Trinajstić information content (AvgIpc) is 3.18. The van der Waals surface area contributed by atoms with Gasteiger partial charge in [-0.1, -0.05) is 18.2 Å². The third-order valence-electron chi connectivity index (χ3n) is 5.70. The molecule has 2 aliphatic rings. The fourth-order valence-corrected chi connectivity index (χ4v) is 4.34. The number of hydrogen-bond donors (Lipinski definition) is 2. The van der Waals surface area contributed by atoms with Crippen molar-refractivity contribution in [3.05, 3.63) is 35.4 Å². The van der Waals surface area contributed by atoms with Crippen molar-refractivity contribution in [1.82, 2.24) is 9.80 Å². The number of likely N-dealkylation sites (tertiary alicyclic amines) is 2. The maximum absolute atomic E-state index is 12.1. The topological polar surface area (TPSA) is 110 Å². The number of carbonyl (C=O) groups is 3. The Balaban J connectivity index is 1.42. The molecular formula is C20H28N4O3. The molecule has 1 unspecified atom stereocenters. The molecule has 0 radical (unpaired) electrons. The zero-order valence-electron chi connectivity index (χ0n) is 15.6. The van der Waals surface area contributed by atoms with Crippen molar-refractivity contribution in [2.75, 3.05) is 32.7 Å². The fraction of sp³-hybridized carbons (Fsp3) is 0.550. The van der Waals surface area contributed by atoms with E-state index in [1.165, 1.54) is 0 Å². The van der Waals surface area contributed by atoms with E-state index in [-0.39, 0.29) is 24.7 Å². The molecule has 27 heavy (non-hydrogen) atoms. The van der Waals surface area contributed by atoms with Gasteiger partial charge in [-0.05, 0) is 42.9 Å². The van der Waals surface area contributed by atoms with Crippen LogP contribution in [-0.2, 0) is 16.0 Å². The molecule has 7 heteroatoms. The van der Waals surface area contributed by atoms with Crippen LogP contribution in [0.3, 0.4) is 0 Å². The van der Waals surface area contributed by atoms with E-state index in [0.29, 0.717) is 17.4 Å². The van der Waals surface area contributed by atoms with E-state index < -0.39 is 5.91 Å². The average molecular weight is 372 g/mol. The standard InChI is InChI=1S/C20H28N4O3/c21-18(25)7-8-19(26)24-12-15-10-23(11-16(15)13-24)9-3-5-14-4-1-2-6-17(14)20(22)27/h1-2,4,6,15-16H,3,5,7-13H2,(H2,21,25)(H2,22,27)/t15-,16?/m0/s1. The first-order valence-electron chi connectivity index (χ1n) is 9.60. The van der Waals surface area contributed by atoms with E-state index in [1.54, 1.807) is 6.07 Å². The molecule has 2 saturated heterocycles. The Hall–Kier alpha value is -2.41. The molecule has 2 atom stereocenters. The van der Waals surface area contributed by atoms with Gasteiger partial charge in [0.2, 0.25) is 17.7 Å². The first-order valence-corrected chi connectivity index (χ1v) is 9.60. The molecule has 0 aliphatic carbocycles. The van der Waals surface area contributed by atoms with E-state index in [2.05, 4.69) is 4.90 Å². The van der Waals surface area contributed by atoms with Gasteiger partial charge >= 0.3 is 0 Å². The van der Waals surface area contributed by atoms with Crippen molar-refractivity contribution in [1.29, 1.82) is 0 Å². The van der Waals surface area contributed by atoms with Gasteiger partial charge in [0.25, 0.3) is 0 Å². The number of aryl methyl sites for hydroxylation is 1. The van der Waals surface area contributed by atoms with Gasteiger partial charge in [0, 0.05) is 44.6 Å². The van der Waals surface area contributed by atoms with Crippen LogP contribution in [0.15, 0.2) is 24.3 Å². The number of hydrogen-bond acceptors (Lipinski definition) is 4. The van der Waals surface area contributed by atoms with Crippen molar-refractivity contribution in [3.8, 4) is 0 Å². The number of primary amides is 2. The van der Waals surface area contributed by atoms with Crippen molar-refractivity contribution in [3.63, 3.8) is 0 Å². The predicted molar refractivity (Wildman–Crippen MR) is 102 cm³/mol. The summed E-state index contributed by atoms with van der Waals surface area (Å²) in [6.45, 7) is 4.55. The minimum Gasteiger partial charge on any atom is -0.370 e. The lowest BCUT2D eigenvalue weighted by Gasteiger charge is -2.21. The summed E-state index contributed by atoms with van der Waals surface area (Å²) >= 11 is 0. The normalized spacial score (nSPS) is 22.0. The SMILES string of the molecule is NC(=O)CCC(=O)N1CC2CN(CCCc3ccccc3C(N)=O)C[C@H]2C1. The van der Waals surface area contributed by atoms with Gasteiger partial charge in [-0.15, -0.1) is 0 Å². The highest BCUT2D eigenvalue weighted by Gasteiger charge is 2.41. The number of nitrogens with two attached hydrogens (primary N) is 2. The number of rotatable bonds is 8. The van der Waals surface area contributed by atoms with Crippen LogP contribution in [0.5, 0.6) is 0 Å². The Bertz CT molecular complexity index is 707. The van der Waals surface area contributed by atoms with E-state index >= 15 is 0 Å². The predicted octanol–water partition coefficient (Wildman–Crippen LogP) is 0.374. The lowest BCUT2D eigenvalue weighted by molar-refractivity contribution is -0.132. The third-order valence-corrected chi connectivity index (χ3v) is 5.70. The van der Waals surface area contributed by atoms with E-state index in [4.69, 9.17) is 11.5 Å². The molecule has 0 saturated carbocycles. The maximum atomic E-state index is 12.1. The minimum atomic E-state index is -0.424. The Morgan fingerprint density at radius 2 is 1.63 bits per heavy atom. The molecular weight excluding hydrogens is 344 g/mol. The van der Waals surface area contributed by atoms with Crippen molar-refractivity contribution in [2.45, 2.75) is 25.7 Å². The van der Waals surface area contributed by atoms with Gasteiger partial charge in [-0.3, -0.25) is 14.4 Å². The number of nitrogens with zero attached hydrogens (tertiary/aromatic N) is 2. The smallest absolute Gasteiger partial charge is 0.248 e. The number of amides is 3. The molecule has 3 amide bonds. The first kappa shape index (κ1) is 19.4. The first-order chi connectivity index (χ1) is 12.9. The zero-order valence-corrected chi connectivity index (χ0v) is 15.6. The number of benzene rings is 1. The highest BCUT2D eigenvalue weighted by Crippen LogP contribution is 2.31. The molecule has 0 bridgehead atoms. The maximum Gasteiger partial charge on any atom is 0.248 e. The van der Waals surface area contributed by atoms with Gasteiger partial charge in [-0.25, -0.2) is 0 Å². The number of fused-ring (bicyclic) bond motifs is 1. The van der Waals surface area contributed by atoms with Crippen molar-refractivity contribution >= 4 is 17.7 Å². The molecule has 1 aromatic rings. The number of carbonyl (C=O) groups excluding carboxylic acids is 3. The Morgan fingerprint density at radius 3 is 2.26 bits per heavy atom.